The summed E-state index contributed by atoms with van der Waals surface area (Å²) in [4.78, 5) is 0. The average Bonchev–Trinajstić information content (AvgIpc) is 1.47. The van der Waals surface area contributed by atoms with E-state index in [1.54, 1.807) is 22.3 Å². The Morgan fingerprint density at radius 3 is 0.773 bits per heavy atom. The molecule has 2 saturated carbocycles. The van der Waals surface area contributed by atoms with E-state index in [0.717, 1.165) is 12.8 Å². The molecule has 0 aromatic heterocycles. The second-order valence-electron chi connectivity index (χ2n) is 28.0. The van der Waals surface area contributed by atoms with Gasteiger partial charge in [0.15, 0.2) is 0 Å². The SMILES string of the molecule is [CH3][Zr]([CH3])(=[SiH2])([CH]1C(CC2CCC2)=Cc2c(-c3c4ccccc4cc4ccccc34)ccc(-c3c4ccccc4cc4ccccc34)c21)[CH]1C(CC2CCC2)=Cc2c(-c3c4ccccc4cc4ccccc34)ccc(-c3c4ccccc4cc4ccccc34)c21. The topological polar surface area (TPSA) is 0 Å². The zero-order valence-electron chi connectivity index (χ0n) is 50.4. The zero-order valence-corrected chi connectivity index (χ0v) is 54.3. The Labute approximate surface area is 518 Å². The summed E-state index contributed by atoms with van der Waals surface area (Å²) in [6.45, 7) is 2.60. The molecule has 14 aromatic carbocycles. The first-order chi connectivity index (χ1) is 43.2. The normalized spacial score (nSPS) is 17.1. The molecule has 14 aromatic rings. The molecule has 0 N–H and O–H groups in total. The van der Waals surface area contributed by atoms with Gasteiger partial charge in [0.2, 0.25) is 0 Å². The quantitative estimate of drug-likeness (QED) is 0.0946. The molecular weight excluding hydrogens is 1150 g/mol. The van der Waals surface area contributed by atoms with Crippen LogP contribution in [-0.2, 0) is 17.4 Å². The predicted molar refractivity (Wildman–Crippen MR) is 380 cm³/mol. The molecule has 0 heterocycles. The summed E-state index contributed by atoms with van der Waals surface area (Å²) in [5.74, 6) is 1.37. The van der Waals surface area contributed by atoms with Crippen molar-refractivity contribution in [2.45, 2.75) is 67.9 Å². The van der Waals surface area contributed by atoms with Crippen LogP contribution in [0.25, 0.3) is 143 Å². The van der Waals surface area contributed by atoms with E-state index >= 15 is 0 Å². The van der Waals surface area contributed by atoms with Gasteiger partial charge < -0.3 is 0 Å². The average molecular weight is 1220 g/mol. The molecule has 4 aliphatic carbocycles. The van der Waals surface area contributed by atoms with E-state index < -0.39 is 17.4 Å². The molecular formula is C86H70SiZr. The summed E-state index contributed by atoms with van der Waals surface area (Å²) in [7, 11) is 0. The van der Waals surface area contributed by atoms with Gasteiger partial charge in [0.25, 0.3) is 0 Å². The predicted octanol–water partition coefficient (Wildman–Crippen LogP) is 23.9. The standard InChI is InChI=1S/2C42H31.2CH3.H2Si.Zr/c2*1-5-16-33-29(12-1)25-30-13-2-6-17-34(30)41(33)37-20-21-38(40-24-28(23-39(37)40)22-27-10-9-11-27)42-35-18-7-3-14-31(35)26-32-15-4-8-19-36(32)42;;;;/h2*1-8,12-21,23-27H,9-11,22H2;2*1H3;1H2;. The van der Waals surface area contributed by atoms with E-state index in [0.29, 0.717) is 11.8 Å². The van der Waals surface area contributed by atoms with Crippen LogP contribution in [0.5, 0.6) is 0 Å². The summed E-state index contributed by atoms with van der Waals surface area (Å²) in [6.07, 6.45) is 15.9. The maximum atomic E-state index is 2.98. The Bertz CT molecular complexity index is 4910. The van der Waals surface area contributed by atoms with Crippen LogP contribution in [0, 0.1) is 11.8 Å². The number of hydrogen-bond donors (Lipinski definition) is 0. The number of hydrogen-bond acceptors (Lipinski definition) is 0. The van der Waals surface area contributed by atoms with E-state index in [4.69, 9.17) is 0 Å². The minimum absolute atomic E-state index is 0.254. The van der Waals surface area contributed by atoms with Crippen LogP contribution in [0.4, 0.5) is 0 Å². The van der Waals surface area contributed by atoms with Gasteiger partial charge >= 0.3 is 523 Å². The second-order valence-corrected chi connectivity index (χ2v) is 58.5. The summed E-state index contributed by atoms with van der Waals surface area (Å²) in [6, 6.07) is 94.2. The van der Waals surface area contributed by atoms with Gasteiger partial charge in [-0.15, -0.1) is 0 Å². The first-order valence-electron chi connectivity index (χ1n) is 32.6. The van der Waals surface area contributed by atoms with Crippen LogP contribution >= 0.6 is 0 Å². The van der Waals surface area contributed by atoms with Crippen molar-refractivity contribution in [2.24, 2.45) is 11.8 Å². The molecule has 2 heteroatoms. The van der Waals surface area contributed by atoms with Crippen molar-refractivity contribution in [1.29, 1.82) is 0 Å². The van der Waals surface area contributed by atoms with Crippen molar-refractivity contribution in [3.8, 4) is 44.5 Å². The fraction of sp³-hybridized carbons (Fsp3) is 0.163. The zero-order chi connectivity index (χ0) is 58.4. The first-order valence-corrected chi connectivity index (χ1v) is 46.3. The number of allylic oxidation sites excluding steroid dienone is 2. The number of benzene rings is 14. The van der Waals surface area contributed by atoms with Crippen LogP contribution in [0.15, 0.2) is 254 Å². The van der Waals surface area contributed by atoms with Crippen LogP contribution < -0.4 is 0 Å². The van der Waals surface area contributed by atoms with Crippen molar-refractivity contribution >= 4 is 105 Å². The van der Waals surface area contributed by atoms with Crippen LogP contribution in [0.1, 0.15) is 80.9 Å². The second kappa shape index (κ2) is 20.1. The molecule has 0 radical (unpaired) electrons. The van der Waals surface area contributed by atoms with Crippen LogP contribution in [0.2, 0.25) is 9.26 Å². The summed E-state index contributed by atoms with van der Waals surface area (Å²) >= 11 is -4.77. The van der Waals surface area contributed by atoms with Crippen molar-refractivity contribution in [1.82, 2.24) is 0 Å². The Balaban J connectivity index is 0.992. The fourth-order valence-corrected chi connectivity index (χ4v) is 37.5. The third-order valence-corrected chi connectivity index (χ3v) is 39.5. The number of rotatable bonds is 10. The van der Waals surface area contributed by atoms with E-state index in [1.165, 1.54) is 180 Å². The summed E-state index contributed by atoms with van der Waals surface area (Å²) < 4.78 is 6.48. The molecule has 88 heavy (non-hydrogen) atoms. The van der Waals surface area contributed by atoms with Crippen LogP contribution in [0.3, 0.4) is 0 Å². The van der Waals surface area contributed by atoms with E-state index in [9.17, 15) is 0 Å². The Kier molecular flexibility index (Phi) is 12.1. The third-order valence-electron chi connectivity index (χ3n) is 22.1. The molecule has 2 fully saturated rings. The van der Waals surface area contributed by atoms with E-state index in [2.05, 4.69) is 271 Å². The summed E-state index contributed by atoms with van der Waals surface area (Å²) in [5, 5.41) is 21.1. The molecule has 0 bridgehead atoms. The monoisotopic (exact) mass is 1220 g/mol. The van der Waals surface area contributed by atoms with E-state index in [-0.39, 0.29) is 7.25 Å². The Morgan fingerprint density at radius 2 is 0.534 bits per heavy atom. The number of fused-ring (bicyclic) bond motifs is 10. The summed E-state index contributed by atoms with van der Waals surface area (Å²) in [5.41, 5.74) is 20.7. The van der Waals surface area contributed by atoms with Crippen molar-refractivity contribution < 1.29 is 17.4 Å². The van der Waals surface area contributed by atoms with Crippen molar-refractivity contribution in [2.75, 3.05) is 0 Å². The van der Waals surface area contributed by atoms with Gasteiger partial charge in [-0.3, -0.25) is 0 Å². The van der Waals surface area contributed by atoms with Gasteiger partial charge in [-0.2, -0.15) is 0 Å². The molecule has 0 nitrogen and oxygen atoms in total. The van der Waals surface area contributed by atoms with Crippen LogP contribution in [-0.4, -0.2) is 6.88 Å². The molecule has 0 amide bonds. The first kappa shape index (κ1) is 52.8. The van der Waals surface area contributed by atoms with Gasteiger partial charge in [-0.1, -0.05) is 0 Å². The molecule has 422 valence electrons. The van der Waals surface area contributed by atoms with Gasteiger partial charge in [-0.25, -0.2) is 0 Å². The van der Waals surface area contributed by atoms with E-state index in [1.807, 2.05) is 0 Å². The maximum absolute atomic E-state index is 4.77. The molecule has 0 saturated heterocycles. The third kappa shape index (κ3) is 8.10. The fourth-order valence-electron chi connectivity index (χ4n) is 17.9. The molecule has 18 rings (SSSR count). The van der Waals surface area contributed by atoms with Gasteiger partial charge in [0, 0.05) is 0 Å². The molecule has 0 aliphatic heterocycles. The Hall–Kier alpha value is -8.26. The molecule has 0 spiro atoms. The molecule has 4 aliphatic rings. The Morgan fingerprint density at radius 1 is 0.307 bits per heavy atom. The molecule has 2 unspecified atom stereocenters. The van der Waals surface area contributed by atoms with Crippen molar-refractivity contribution in [3.63, 3.8) is 0 Å². The van der Waals surface area contributed by atoms with Gasteiger partial charge in [-0.05, 0) is 0 Å². The van der Waals surface area contributed by atoms with Gasteiger partial charge in [0.05, 0.1) is 0 Å². The minimum atomic E-state index is -4.77. The van der Waals surface area contributed by atoms with Crippen molar-refractivity contribution in [3.05, 3.63) is 276 Å². The molecule has 2 atom stereocenters. The van der Waals surface area contributed by atoms with Gasteiger partial charge in [0.1, 0.15) is 0 Å².